The average Bonchev–Trinajstić information content (AvgIpc) is 3.54. The summed E-state index contributed by atoms with van der Waals surface area (Å²) < 4.78 is 15.3. The third kappa shape index (κ3) is 4.12. The summed E-state index contributed by atoms with van der Waals surface area (Å²) in [5.41, 5.74) is 6.91. The van der Waals surface area contributed by atoms with Gasteiger partial charge in [-0.1, -0.05) is 60.7 Å². The zero-order valence-electron chi connectivity index (χ0n) is 16.9. The Bertz CT molecular complexity index is 1240. The maximum Gasteiger partial charge on any atom is 0.243 e. The predicted molar refractivity (Wildman–Crippen MR) is 120 cm³/mol. The van der Waals surface area contributed by atoms with Crippen molar-refractivity contribution in [3.05, 3.63) is 108 Å². The molecule has 1 aromatic heterocycles. The van der Waals surface area contributed by atoms with Crippen LogP contribution in [-0.2, 0) is 11.3 Å². The molecule has 0 radical (unpaired) electrons. The SMILES string of the molecule is O=C(N/N=C\c1cn(Cc2ccc(F)cc2)c2ccccc12)[C@H]1C[C@@H]1c1ccccc1. The van der Waals surface area contributed by atoms with E-state index >= 15 is 0 Å². The fourth-order valence-electron chi connectivity index (χ4n) is 4.10. The molecular formula is C26H22FN3O. The first-order valence-electron chi connectivity index (χ1n) is 10.4. The van der Waals surface area contributed by atoms with E-state index in [9.17, 15) is 9.18 Å². The van der Waals surface area contributed by atoms with Crippen LogP contribution in [-0.4, -0.2) is 16.7 Å². The number of benzene rings is 3. The fourth-order valence-corrected chi connectivity index (χ4v) is 4.10. The van der Waals surface area contributed by atoms with Gasteiger partial charge in [-0.15, -0.1) is 0 Å². The topological polar surface area (TPSA) is 46.4 Å². The number of carbonyl (C=O) groups excluding carboxylic acids is 1. The molecule has 1 aliphatic carbocycles. The van der Waals surface area contributed by atoms with Gasteiger partial charge < -0.3 is 4.57 Å². The Morgan fingerprint density at radius 1 is 1.03 bits per heavy atom. The molecule has 4 nitrogen and oxygen atoms in total. The highest BCUT2D eigenvalue weighted by Gasteiger charge is 2.43. The van der Waals surface area contributed by atoms with Crippen LogP contribution in [0.2, 0.25) is 0 Å². The molecule has 154 valence electrons. The molecule has 4 aromatic rings. The maximum absolute atomic E-state index is 13.2. The van der Waals surface area contributed by atoms with Crippen molar-refractivity contribution in [3.8, 4) is 0 Å². The van der Waals surface area contributed by atoms with Gasteiger partial charge in [0.15, 0.2) is 0 Å². The molecule has 1 aliphatic rings. The van der Waals surface area contributed by atoms with Gasteiger partial charge in [-0.25, -0.2) is 9.82 Å². The smallest absolute Gasteiger partial charge is 0.243 e. The minimum absolute atomic E-state index is 0.0145. The second-order valence-electron chi connectivity index (χ2n) is 7.95. The second-order valence-corrected chi connectivity index (χ2v) is 7.95. The van der Waals surface area contributed by atoms with Crippen LogP contribution in [0.5, 0.6) is 0 Å². The van der Waals surface area contributed by atoms with Crippen LogP contribution in [0.15, 0.2) is 90.2 Å². The monoisotopic (exact) mass is 411 g/mol. The van der Waals surface area contributed by atoms with Crippen molar-refractivity contribution in [1.82, 2.24) is 9.99 Å². The van der Waals surface area contributed by atoms with E-state index in [-0.39, 0.29) is 23.6 Å². The van der Waals surface area contributed by atoms with Crippen LogP contribution >= 0.6 is 0 Å². The molecule has 0 aliphatic heterocycles. The van der Waals surface area contributed by atoms with E-state index in [0.717, 1.165) is 28.5 Å². The Hall–Kier alpha value is -3.73. The summed E-state index contributed by atoms with van der Waals surface area (Å²) in [7, 11) is 0. The van der Waals surface area contributed by atoms with Crippen molar-refractivity contribution >= 4 is 23.0 Å². The number of halogens is 1. The largest absolute Gasteiger partial charge is 0.342 e. The molecule has 5 heteroatoms. The van der Waals surface area contributed by atoms with E-state index in [2.05, 4.69) is 27.2 Å². The molecule has 2 atom stereocenters. The van der Waals surface area contributed by atoms with E-state index in [1.54, 1.807) is 18.3 Å². The lowest BCUT2D eigenvalue weighted by Gasteiger charge is -2.05. The number of hydrogen-bond donors (Lipinski definition) is 1. The highest BCUT2D eigenvalue weighted by atomic mass is 19.1. The van der Waals surface area contributed by atoms with E-state index in [0.29, 0.717) is 6.54 Å². The normalized spacial score (nSPS) is 17.8. The van der Waals surface area contributed by atoms with Gasteiger partial charge in [0, 0.05) is 35.1 Å². The molecule has 1 amide bonds. The Morgan fingerprint density at radius 3 is 2.58 bits per heavy atom. The first kappa shape index (κ1) is 19.2. The fraction of sp³-hybridized carbons (Fsp3) is 0.154. The summed E-state index contributed by atoms with van der Waals surface area (Å²) in [6.45, 7) is 0.627. The predicted octanol–water partition coefficient (Wildman–Crippen LogP) is 5.08. The molecule has 1 saturated carbocycles. The van der Waals surface area contributed by atoms with Crippen molar-refractivity contribution in [3.63, 3.8) is 0 Å². The summed E-state index contributed by atoms with van der Waals surface area (Å²) in [5, 5.41) is 5.28. The minimum Gasteiger partial charge on any atom is -0.342 e. The highest BCUT2D eigenvalue weighted by molar-refractivity contribution is 5.99. The Balaban J connectivity index is 1.29. The first-order valence-corrected chi connectivity index (χ1v) is 10.4. The van der Waals surface area contributed by atoms with Crippen LogP contribution in [0.1, 0.15) is 29.0 Å². The summed E-state index contributed by atoms with van der Waals surface area (Å²) in [4.78, 5) is 12.5. The number of para-hydroxylation sites is 1. The quantitative estimate of drug-likeness (QED) is 0.349. The number of carbonyl (C=O) groups is 1. The molecule has 0 unspecified atom stereocenters. The zero-order chi connectivity index (χ0) is 21.2. The maximum atomic E-state index is 13.2. The third-order valence-electron chi connectivity index (χ3n) is 5.82. The number of nitrogens with one attached hydrogen (secondary N) is 1. The highest BCUT2D eigenvalue weighted by Crippen LogP contribution is 2.47. The lowest BCUT2D eigenvalue weighted by molar-refractivity contribution is -0.122. The second kappa shape index (κ2) is 8.19. The van der Waals surface area contributed by atoms with E-state index in [4.69, 9.17) is 0 Å². The third-order valence-corrected chi connectivity index (χ3v) is 5.82. The van der Waals surface area contributed by atoms with E-state index in [1.807, 2.05) is 48.7 Å². The molecule has 1 heterocycles. The van der Waals surface area contributed by atoms with Gasteiger partial charge in [-0.05, 0) is 41.7 Å². The van der Waals surface area contributed by atoms with Gasteiger partial charge in [0.25, 0.3) is 0 Å². The van der Waals surface area contributed by atoms with Gasteiger partial charge in [-0.2, -0.15) is 5.10 Å². The summed E-state index contributed by atoms with van der Waals surface area (Å²) in [6.07, 6.45) is 4.57. The number of amides is 1. The van der Waals surface area contributed by atoms with Crippen molar-refractivity contribution < 1.29 is 9.18 Å². The van der Waals surface area contributed by atoms with Crippen LogP contribution < -0.4 is 5.43 Å². The first-order chi connectivity index (χ1) is 15.2. The van der Waals surface area contributed by atoms with Crippen LogP contribution in [0.25, 0.3) is 10.9 Å². The molecule has 0 bridgehead atoms. The lowest BCUT2D eigenvalue weighted by Crippen LogP contribution is -2.20. The van der Waals surface area contributed by atoms with Crippen LogP contribution in [0, 0.1) is 11.7 Å². The number of rotatable bonds is 6. The Morgan fingerprint density at radius 2 is 1.77 bits per heavy atom. The number of nitrogens with zero attached hydrogens (tertiary/aromatic N) is 2. The number of aromatic nitrogens is 1. The lowest BCUT2D eigenvalue weighted by atomic mass is 10.1. The molecule has 31 heavy (non-hydrogen) atoms. The standard InChI is InChI=1S/C26H22FN3O/c27-21-12-10-18(11-13-21)16-30-17-20(22-8-4-5-9-25(22)30)15-28-29-26(31)24-14-23(24)19-6-2-1-3-7-19/h1-13,15,17,23-24H,14,16H2,(H,29,31)/b28-15-/t23-,24+/m1/s1. The van der Waals surface area contributed by atoms with Gasteiger partial charge in [0.1, 0.15) is 5.82 Å². The average molecular weight is 411 g/mol. The van der Waals surface area contributed by atoms with Crippen LogP contribution in [0.4, 0.5) is 4.39 Å². The number of hydrogen-bond acceptors (Lipinski definition) is 2. The van der Waals surface area contributed by atoms with E-state index < -0.39 is 0 Å². The van der Waals surface area contributed by atoms with Crippen LogP contribution in [0.3, 0.4) is 0 Å². The minimum atomic E-state index is -0.241. The van der Waals surface area contributed by atoms with Gasteiger partial charge in [0.2, 0.25) is 5.91 Å². The number of fused-ring (bicyclic) bond motifs is 1. The van der Waals surface area contributed by atoms with Gasteiger partial charge in [-0.3, -0.25) is 4.79 Å². The molecule has 0 spiro atoms. The zero-order valence-corrected chi connectivity index (χ0v) is 16.9. The molecule has 3 aromatic carbocycles. The van der Waals surface area contributed by atoms with Crippen molar-refractivity contribution in [1.29, 1.82) is 0 Å². The van der Waals surface area contributed by atoms with E-state index in [1.165, 1.54) is 17.7 Å². The Kier molecular flexibility index (Phi) is 5.08. The summed E-state index contributed by atoms with van der Waals surface area (Å²) in [6, 6.07) is 24.7. The summed E-state index contributed by atoms with van der Waals surface area (Å²) in [5.74, 6) is -0.0108. The number of hydrazone groups is 1. The van der Waals surface area contributed by atoms with Gasteiger partial charge >= 0.3 is 0 Å². The Labute approximate surface area is 180 Å². The van der Waals surface area contributed by atoms with Crippen molar-refractivity contribution in [2.24, 2.45) is 11.0 Å². The molecule has 1 fully saturated rings. The van der Waals surface area contributed by atoms with Crippen molar-refractivity contribution in [2.45, 2.75) is 18.9 Å². The summed E-state index contributed by atoms with van der Waals surface area (Å²) >= 11 is 0. The molecular weight excluding hydrogens is 389 g/mol. The van der Waals surface area contributed by atoms with Crippen molar-refractivity contribution in [2.75, 3.05) is 0 Å². The molecule has 1 N–H and O–H groups in total. The van der Waals surface area contributed by atoms with Gasteiger partial charge in [0.05, 0.1) is 6.21 Å². The molecule has 5 rings (SSSR count). The molecule has 0 saturated heterocycles.